The maximum Gasteiger partial charge on any atom is 0.173 e. The molecule has 4 nitrogen and oxygen atoms in total. The molecule has 0 aromatic heterocycles. The first-order valence-electron chi connectivity index (χ1n) is 6.59. The van der Waals surface area contributed by atoms with Gasteiger partial charge in [-0.1, -0.05) is 13.0 Å². The molecule has 0 fully saturated rings. The van der Waals surface area contributed by atoms with Gasteiger partial charge in [0, 0.05) is 31.8 Å². The third-order valence-electron chi connectivity index (χ3n) is 2.99. The van der Waals surface area contributed by atoms with E-state index in [1.54, 1.807) is 19.3 Å². The minimum atomic E-state index is 0.0385. The summed E-state index contributed by atoms with van der Waals surface area (Å²) < 4.78 is 0. The number of carbonyl (C=O) groups is 1. The minimum Gasteiger partial charge on any atom is -0.308 e. The molecular weight excluding hydrogens is 238 g/mol. The Morgan fingerprint density at radius 2 is 2.16 bits per heavy atom. The zero-order chi connectivity index (χ0) is 14.4. The number of allylic oxidation sites excluding steroid dienone is 1. The van der Waals surface area contributed by atoms with Gasteiger partial charge in [0.25, 0.3) is 0 Å². The summed E-state index contributed by atoms with van der Waals surface area (Å²) in [5.74, 6) is 0.204. The van der Waals surface area contributed by atoms with E-state index >= 15 is 0 Å². The molecule has 0 radical (unpaired) electrons. The van der Waals surface area contributed by atoms with E-state index in [1.165, 1.54) is 0 Å². The van der Waals surface area contributed by atoms with Crippen LogP contribution in [0.4, 0.5) is 0 Å². The number of Topliss-reactive ketones (excluding diaryl/α,β-unsaturated/α-hetero) is 1. The van der Waals surface area contributed by atoms with E-state index in [1.807, 2.05) is 34.0 Å². The molecule has 1 aliphatic rings. The number of aliphatic imine (C=N–C) groups is 2. The normalized spacial score (nSPS) is 20.1. The highest BCUT2D eigenvalue weighted by Crippen LogP contribution is 2.22. The Morgan fingerprint density at radius 1 is 1.47 bits per heavy atom. The molecule has 1 rings (SSSR count). The van der Waals surface area contributed by atoms with Crippen LogP contribution in [-0.2, 0) is 4.79 Å². The monoisotopic (exact) mass is 261 g/mol. The van der Waals surface area contributed by atoms with Crippen molar-refractivity contribution in [3.8, 4) is 0 Å². The summed E-state index contributed by atoms with van der Waals surface area (Å²) in [4.78, 5) is 22.5. The second kappa shape index (κ2) is 7.14. The molecule has 0 N–H and O–H groups in total. The Kier molecular flexibility index (Phi) is 5.83. The molecule has 0 amide bonds. The van der Waals surface area contributed by atoms with Gasteiger partial charge in [-0.2, -0.15) is 0 Å². The number of ketones is 1. The lowest BCUT2D eigenvalue weighted by Crippen LogP contribution is -2.23. The first kappa shape index (κ1) is 15.5. The summed E-state index contributed by atoms with van der Waals surface area (Å²) in [6.45, 7) is 6.37. The van der Waals surface area contributed by atoms with Crippen molar-refractivity contribution in [2.24, 2.45) is 15.9 Å². The van der Waals surface area contributed by atoms with Crippen molar-refractivity contribution < 1.29 is 4.79 Å². The topological polar surface area (TPSA) is 45.0 Å². The smallest absolute Gasteiger partial charge is 0.173 e. The number of carbonyl (C=O) groups excluding carboxylic acids is 1. The van der Waals surface area contributed by atoms with Gasteiger partial charge < -0.3 is 4.90 Å². The highest BCUT2D eigenvalue weighted by molar-refractivity contribution is 6.39. The molecule has 0 saturated heterocycles. The van der Waals surface area contributed by atoms with Gasteiger partial charge in [-0.05, 0) is 33.0 Å². The van der Waals surface area contributed by atoms with Crippen molar-refractivity contribution in [2.45, 2.75) is 27.2 Å². The lowest BCUT2D eigenvalue weighted by atomic mass is 10.0. The molecule has 19 heavy (non-hydrogen) atoms. The summed E-state index contributed by atoms with van der Waals surface area (Å²) in [6.07, 6.45) is 6.30. The van der Waals surface area contributed by atoms with Crippen LogP contribution in [0.1, 0.15) is 27.2 Å². The average Bonchev–Trinajstić information content (AvgIpc) is 2.48. The van der Waals surface area contributed by atoms with Crippen molar-refractivity contribution in [2.75, 3.05) is 20.6 Å². The van der Waals surface area contributed by atoms with Crippen LogP contribution in [0, 0.1) is 5.92 Å². The van der Waals surface area contributed by atoms with Gasteiger partial charge in [-0.15, -0.1) is 0 Å². The fourth-order valence-electron chi connectivity index (χ4n) is 2.02. The fraction of sp³-hybridized carbons (Fsp3) is 0.533. The van der Waals surface area contributed by atoms with Crippen LogP contribution in [0.3, 0.4) is 0 Å². The van der Waals surface area contributed by atoms with Crippen LogP contribution in [-0.4, -0.2) is 43.2 Å². The largest absolute Gasteiger partial charge is 0.308 e. The van der Waals surface area contributed by atoms with Crippen LogP contribution in [0.15, 0.2) is 33.5 Å². The van der Waals surface area contributed by atoms with Crippen LogP contribution in [0.25, 0.3) is 0 Å². The van der Waals surface area contributed by atoms with E-state index in [-0.39, 0.29) is 11.7 Å². The highest BCUT2D eigenvalue weighted by Gasteiger charge is 2.17. The molecular formula is C15H23N3O. The van der Waals surface area contributed by atoms with Crippen molar-refractivity contribution in [3.63, 3.8) is 0 Å². The van der Waals surface area contributed by atoms with E-state index in [2.05, 4.69) is 14.9 Å². The molecule has 0 aromatic rings. The molecule has 4 heteroatoms. The van der Waals surface area contributed by atoms with E-state index in [9.17, 15) is 4.79 Å². The lowest BCUT2D eigenvalue weighted by molar-refractivity contribution is -0.111. The van der Waals surface area contributed by atoms with E-state index in [4.69, 9.17) is 0 Å². The molecule has 0 bridgehead atoms. The standard InChI is InChI=1S/C15H23N3O/c1-6-14(12(3)19)17-15-11(2)9-16-8-7-13(15)10-18(4)5/h7-9,13H,6,10H2,1-5H3/b17-14+. The Labute approximate surface area is 115 Å². The molecule has 0 aliphatic carbocycles. The fourth-order valence-corrected chi connectivity index (χ4v) is 2.02. The van der Waals surface area contributed by atoms with Crippen LogP contribution in [0.2, 0.25) is 0 Å². The number of hydrogen-bond donors (Lipinski definition) is 0. The maximum absolute atomic E-state index is 11.6. The van der Waals surface area contributed by atoms with Gasteiger partial charge in [0.2, 0.25) is 0 Å². The predicted octanol–water partition coefficient (Wildman–Crippen LogP) is 2.48. The molecule has 1 unspecified atom stereocenters. The van der Waals surface area contributed by atoms with Gasteiger partial charge in [0.05, 0.1) is 11.4 Å². The highest BCUT2D eigenvalue weighted by atomic mass is 16.1. The number of rotatable bonds is 5. The van der Waals surface area contributed by atoms with Crippen molar-refractivity contribution in [1.82, 2.24) is 4.90 Å². The third kappa shape index (κ3) is 4.56. The zero-order valence-electron chi connectivity index (χ0n) is 12.5. The predicted molar refractivity (Wildman–Crippen MR) is 80.8 cm³/mol. The summed E-state index contributed by atoms with van der Waals surface area (Å²) in [5, 5.41) is 0. The van der Waals surface area contributed by atoms with Gasteiger partial charge in [-0.3, -0.25) is 14.8 Å². The molecule has 0 spiro atoms. The van der Waals surface area contributed by atoms with Crippen LogP contribution < -0.4 is 0 Å². The molecule has 0 aromatic carbocycles. The SMILES string of the molecule is CC/C(=N\C1=C(C)C=NC=CC1CN(C)C)C(C)=O. The number of hydrogen-bond acceptors (Lipinski definition) is 4. The maximum atomic E-state index is 11.6. The van der Waals surface area contributed by atoms with Crippen LogP contribution in [0.5, 0.6) is 0 Å². The summed E-state index contributed by atoms with van der Waals surface area (Å²) >= 11 is 0. The van der Waals surface area contributed by atoms with Crippen molar-refractivity contribution >= 4 is 17.7 Å². The first-order chi connectivity index (χ1) is 8.95. The zero-order valence-corrected chi connectivity index (χ0v) is 12.5. The molecule has 0 saturated carbocycles. The van der Waals surface area contributed by atoms with E-state index < -0.39 is 0 Å². The summed E-state index contributed by atoms with van der Waals surface area (Å²) in [6, 6.07) is 0. The van der Waals surface area contributed by atoms with Gasteiger partial charge in [0.1, 0.15) is 0 Å². The summed E-state index contributed by atoms with van der Waals surface area (Å²) in [7, 11) is 4.06. The molecule has 1 heterocycles. The molecule has 1 aliphatic heterocycles. The Morgan fingerprint density at radius 3 is 2.68 bits per heavy atom. The Hall–Kier alpha value is -1.55. The van der Waals surface area contributed by atoms with Gasteiger partial charge in [0.15, 0.2) is 5.78 Å². The first-order valence-corrected chi connectivity index (χ1v) is 6.59. The second-order valence-corrected chi connectivity index (χ2v) is 5.02. The third-order valence-corrected chi connectivity index (χ3v) is 2.99. The summed E-state index contributed by atoms with van der Waals surface area (Å²) in [5.41, 5.74) is 2.59. The quantitative estimate of drug-likeness (QED) is 0.714. The van der Waals surface area contributed by atoms with Crippen molar-refractivity contribution in [1.29, 1.82) is 0 Å². The Balaban J connectivity index is 3.18. The molecule has 104 valence electrons. The minimum absolute atomic E-state index is 0.0385. The molecule has 1 atom stereocenters. The van der Waals surface area contributed by atoms with Crippen LogP contribution >= 0.6 is 0 Å². The Bertz CT molecular complexity index is 456. The van der Waals surface area contributed by atoms with Gasteiger partial charge >= 0.3 is 0 Å². The van der Waals surface area contributed by atoms with Gasteiger partial charge in [-0.25, -0.2) is 0 Å². The lowest BCUT2D eigenvalue weighted by Gasteiger charge is -2.19. The van der Waals surface area contributed by atoms with Crippen molar-refractivity contribution in [3.05, 3.63) is 23.5 Å². The second-order valence-electron chi connectivity index (χ2n) is 5.02. The van der Waals surface area contributed by atoms with E-state index in [0.717, 1.165) is 17.8 Å². The number of nitrogens with zero attached hydrogens (tertiary/aromatic N) is 3. The average molecular weight is 261 g/mol. The van der Waals surface area contributed by atoms with E-state index in [0.29, 0.717) is 12.1 Å².